The molecule has 0 amide bonds. The Hall–Kier alpha value is -7.73. The number of fused-ring (bicyclic) bond motifs is 8. The largest absolute Gasteiger partial charge is 0.416 e. The Labute approximate surface area is 404 Å². The molecule has 0 saturated heterocycles. The standard InChI is InChI=1S/C53H25F17NO2P/c54-43-40(44(55)46(57)47(58)45(43)56)24-71(35-14-13-25-7-1-2-8-26(25)19-35)74-72-48-38(29-15-31(50(59,60)61)22-32(16-29)51(62,63)64)20-27-9-3-5-11-36(27)41(48)42-37-12-6-4-10-28(37)21-39(49(42)73-74)30-17-33(52(65,66)67)23-34(18-30)53(68,69)70/h1-23H,24H2. The first-order valence-electron chi connectivity index (χ1n) is 21.4. The maximum atomic E-state index is 15.9. The summed E-state index contributed by atoms with van der Waals surface area (Å²) < 4.78 is 266. The molecular formula is C53H25F17NO2P. The highest BCUT2D eigenvalue weighted by Crippen LogP contribution is 2.52. The van der Waals surface area contributed by atoms with Gasteiger partial charge in [0, 0.05) is 21.9 Å². The number of halogens is 17. The number of rotatable bonds is 6. The van der Waals surface area contributed by atoms with Crippen molar-refractivity contribution in [2.75, 3.05) is 4.67 Å². The Morgan fingerprint density at radius 3 is 1.15 bits per heavy atom. The third kappa shape index (κ3) is 8.87. The van der Waals surface area contributed by atoms with Crippen LogP contribution in [0, 0.1) is 29.1 Å². The summed E-state index contributed by atoms with van der Waals surface area (Å²) in [5.41, 5.74) is -12.9. The van der Waals surface area contributed by atoms with Gasteiger partial charge in [0.25, 0.3) is 0 Å². The quantitative estimate of drug-likeness (QED) is 0.0944. The third-order valence-corrected chi connectivity index (χ3v) is 13.7. The first-order valence-corrected chi connectivity index (χ1v) is 22.5. The highest BCUT2D eigenvalue weighted by Gasteiger charge is 2.40. The number of nitrogens with zero attached hydrogens (tertiary/aromatic N) is 1. The van der Waals surface area contributed by atoms with Gasteiger partial charge in [-0.1, -0.05) is 78.9 Å². The summed E-state index contributed by atoms with van der Waals surface area (Å²) in [7, 11) is -3.51. The lowest BCUT2D eigenvalue weighted by Crippen LogP contribution is -2.18. The third-order valence-electron chi connectivity index (χ3n) is 12.2. The van der Waals surface area contributed by atoms with Gasteiger partial charge in [0.15, 0.2) is 34.4 Å². The summed E-state index contributed by atoms with van der Waals surface area (Å²) in [6.07, 6.45) is -21.7. The second-order valence-corrected chi connectivity index (χ2v) is 18.2. The van der Waals surface area contributed by atoms with Gasteiger partial charge >= 0.3 is 32.9 Å². The van der Waals surface area contributed by atoms with Crippen molar-refractivity contribution in [3.8, 4) is 22.3 Å². The molecule has 0 aliphatic rings. The van der Waals surface area contributed by atoms with Crippen molar-refractivity contribution in [1.82, 2.24) is 0 Å². The van der Waals surface area contributed by atoms with E-state index in [1.165, 1.54) is 72.8 Å². The molecule has 1 aromatic heterocycles. The fraction of sp³-hybridized carbons (Fsp3) is 0.0943. The van der Waals surface area contributed by atoms with Crippen molar-refractivity contribution >= 4 is 68.1 Å². The fourth-order valence-corrected chi connectivity index (χ4v) is 10.3. The van der Waals surface area contributed by atoms with Crippen LogP contribution in [0.3, 0.4) is 0 Å². The molecular weight excluding hydrogens is 1040 g/mol. The van der Waals surface area contributed by atoms with Crippen molar-refractivity contribution in [3.63, 3.8) is 0 Å². The molecule has 0 fully saturated rings. The molecule has 0 unspecified atom stereocenters. The predicted octanol–water partition coefficient (Wildman–Crippen LogP) is 19.3. The minimum Gasteiger partial charge on any atom is -0.403 e. The molecule has 0 atom stereocenters. The maximum absolute atomic E-state index is 15.9. The van der Waals surface area contributed by atoms with E-state index < -0.39 is 130 Å². The van der Waals surface area contributed by atoms with Crippen LogP contribution in [0.5, 0.6) is 0 Å². The van der Waals surface area contributed by atoms with Crippen molar-refractivity contribution in [2.24, 2.45) is 0 Å². The zero-order chi connectivity index (χ0) is 53.0. The summed E-state index contributed by atoms with van der Waals surface area (Å²) in [5.74, 6) is -12.1. The fourth-order valence-electron chi connectivity index (χ4n) is 8.79. The lowest BCUT2D eigenvalue weighted by atomic mass is 9.90. The average molecular weight is 1060 g/mol. The zero-order valence-corrected chi connectivity index (χ0v) is 37.5. The molecule has 74 heavy (non-hydrogen) atoms. The number of hydrogen-bond acceptors (Lipinski definition) is 3. The summed E-state index contributed by atoms with van der Waals surface area (Å²) in [5, 5.41) is 0.618. The summed E-state index contributed by atoms with van der Waals surface area (Å²) in [6, 6.07) is 25.2. The Morgan fingerprint density at radius 1 is 0.378 bits per heavy atom. The summed E-state index contributed by atoms with van der Waals surface area (Å²) in [6.45, 7) is -1.41. The summed E-state index contributed by atoms with van der Waals surface area (Å²) >= 11 is 0. The highest BCUT2D eigenvalue weighted by atomic mass is 31.1. The number of hydrogen-bond donors (Lipinski definition) is 0. The van der Waals surface area contributed by atoms with E-state index in [1.54, 1.807) is 18.2 Å². The van der Waals surface area contributed by atoms with Crippen LogP contribution in [-0.4, -0.2) is 0 Å². The van der Waals surface area contributed by atoms with Crippen LogP contribution >= 0.6 is 8.16 Å². The van der Waals surface area contributed by atoms with Gasteiger partial charge in [-0.3, -0.25) is 4.67 Å². The Bertz CT molecular complexity index is 3700. The molecule has 0 bridgehead atoms. The minimum atomic E-state index is -5.42. The van der Waals surface area contributed by atoms with Gasteiger partial charge in [-0.05, 0) is 104 Å². The van der Waals surface area contributed by atoms with Crippen LogP contribution < -0.4 is 4.67 Å². The number of benzene rings is 9. The summed E-state index contributed by atoms with van der Waals surface area (Å²) in [4.78, 5) is 0. The van der Waals surface area contributed by atoms with Crippen LogP contribution in [-0.2, 0) is 31.2 Å². The molecule has 10 aromatic rings. The van der Waals surface area contributed by atoms with Gasteiger partial charge < -0.3 is 8.39 Å². The SMILES string of the molecule is Fc1c(F)c(F)c(CN(c2ccc3ccccc3c2)p2oc3c(-c4cc(C(F)(F)F)cc(C(F)(F)F)c4)cc4ccccc4c3c3c(o2)c(-c2cc(C(F)(F)F)cc(C(F)(F)F)c2)cc2ccccc23)c(F)c1F. The van der Waals surface area contributed by atoms with Crippen LogP contribution in [0.4, 0.5) is 80.3 Å². The van der Waals surface area contributed by atoms with E-state index in [-0.39, 0.29) is 50.1 Å². The molecule has 0 N–H and O–H groups in total. The molecule has 0 radical (unpaired) electrons. The molecule has 0 spiro atoms. The van der Waals surface area contributed by atoms with Gasteiger partial charge in [-0.2, -0.15) is 52.7 Å². The van der Waals surface area contributed by atoms with E-state index in [9.17, 15) is 57.1 Å². The molecule has 0 aliphatic carbocycles. The zero-order valence-electron chi connectivity index (χ0n) is 36.6. The molecule has 0 aliphatic heterocycles. The van der Waals surface area contributed by atoms with Crippen LogP contribution in [0.15, 0.2) is 148 Å². The molecule has 9 aromatic carbocycles. The van der Waals surface area contributed by atoms with Crippen LogP contribution in [0.2, 0.25) is 0 Å². The second-order valence-electron chi connectivity index (χ2n) is 16.8. The van der Waals surface area contributed by atoms with Gasteiger partial charge in [0.1, 0.15) is 0 Å². The van der Waals surface area contributed by atoms with E-state index in [4.69, 9.17) is 8.39 Å². The van der Waals surface area contributed by atoms with Crippen LogP contribution in [0.25, 0.3) is 76.5 Å². The van der Waals surface area contributed by atoms with Gasteiger partial charge in [0.05, 0.1) is 40.0 Å². The van der Waals surface area contributed by atoms with E-state index in [0.717, 1.165) is 16.8 Å². The topological polar surface area (TPSA) is 29.5 Å². The smallest absolute Gasteiger partial charge is 0.403 e. The average Bonchev–Trinajstić information content (AvgIpc) is 3.56. The van der Waals surface area contributed by atoms with E-state index in [1.807, 2.05) is 0 Å². The Kier molecular flexibility index (Phi) is 11.9. The molecule has 3 nitrogen and oxygen atoms in total. The van der Waals surface area contributed by atoms with Crippen molar-refractivity contribution < 1.29 is 83.0 Å². The van der Waals surface area contributed by atoms with Crippen LogP contribution in [0.1, 0.15) is 27.8 Å². The lowest BCUT2D eigenvalue weighted by molar-refractivity contribution is -0.144. The van der Waals surface area contributed by atoms with Crippen molar-refractivity contribution in [2.45, 2.75) is 31.2 Å². The lowest BCUT2D eigenvalue weighted by Gasteiger charge is -2.23. The van der Waals surface area contributed by atoms with Crippen molar-refractivity contribution in [3.05, 3.63) is 196 Å². The van der Waals surface area contributed by atoms with E-state index in [2.05, 4.69) is 0 Å². The normalized spacial score (nSPS) is 12.7. The molecule has 10 rings (SSSR count). The maximum Gasteiger partial charge on any atom is 0.416 e. The minimum absolute atomic E-state index is 0.0651. The highest BCUT2D eigenvalue weighted by molar-refractivity contribution is 7.39. The Balaban J connectivity index is 1.48. The predicted molar refractivity (Wildman–Crippen MR) is 244 cm³/mol. The Morgan fingerprint density at radius 2 is 0.743 bits per heavy atom. The molecule has 1 heterocycles. The van der Waals surface area contributed by atoms with E-state index in [0.29, 0.717) is 35.0 Å². The number of anilines is 1. The molecule has 378 valence electrons. The van der Waals surface area contributed by atoms with Crippen molar-refractivity contribution in [1.29, 1.82) is 0 Å². The van der Waals surface area contributed by atoms with E-state index >= 15 is 17.6 Å². The van der Waals surface area contributed by atoms with Gasteiger partial charge in [-0.15, -0.1) is 0 Å². The monoisotopic (exact) mass is 1060 g/mol. The first kappa shape index (κ1) is 49.8. The first-order chi connectivity index (χ1) is 34.8. The number of alkyl halides is 12. The van der Waals surface area contributed by atoms with Gasteiger partial charge in [-0.25, -0.2) is 22.0 Å². The van der Waals surface area contributed by atoms with Gasteiger partial charge in [0.2, 0.25) is 5.82 Å². The molecule has 0 saturated carbocycles. The second kappa shape index (κ2) is 17.7. The molecule has 21 heteroatoms.